The molecular weight excluding hydrogens is 450 g/mol. The molecular formula is C23H26ClN3O4S. The Balaban J connectivity index is 1.31. The number of hydrogen-bond acceptors (Lipinski definition) is 6. The maximum atomic E-state index is 11.9. The van der Waals surface area contributed by atoms with Gasteiger partial charge in [0.05, 0.1) is 18.1 Å². The average Bonchev–Trinajstić information content (AvgIpc) is 3.32. The van der Waals surface area contributed by atoms with E-state index in [0.717, 1.165) is 30.6 Å². The molecule has 0 aromatic heterocycles. The number of amides is 2. The van der Waals surface area contributed by atoms with Gasteiger partial charge in [-0.1, -0.05) is 29.8 Å². The standard InChI is InChI=1S/C23H26ClN3O4S/c24-21-6-2-1-4-18(21)15-32-16-23(29)27-26-12-17-7-9-19(10-8-17)31-14-22(28)25-13-20-5-3-11-30-20/h1-2,4,6-10,12,20H,3,5,11,13-16H2,(H,25,28)(H,27,29). The molecule has 1 unspecified atom stereocenters. The van der Waals surface area contributed by atoms with Crippen LogP contribution in [0.4, 0.5) is 0 Å². The van der Waals surface area contributed by atoms with Gasteiger partial charge in [0, 0.05) is 23.9 Å². The van der Waals surface area contributed by atoms with Crippen LogP contribution in [0.5, 0.6) is 5.75 Å². The van der Waals surface area contributed by atoms with E-state index >= 15 is 0 Å². The second-order valence-electron chi connectivity index (χ2n) is 7.17. The van der Waals surface area contributed by atoms with E-state index in [-0.39, 0.29) is 30.3 Å². The summed E-state index contributed by atoms with van der Waals surface area (Å²) in [5.41, 5.74) is 4.30. The van der Waals surface area contributed by atoms with Crippen LogP contribution in [0, 0.1) is 0 Å². The number of ether oxygens (including phenoxy) is 2. The molecule has 0 aliphatic carbocycles. The van der Waals surface area contributed by atoms with Crippen molar-refractivity contribution in [2.24, 2.45) is 5.10 Å². The van der Waals surface area contributed by atoms with Gasteiger partial charge >= 0.3 is 0 Å². The number of carbonyl (C=O) groups is 2. The molecule has 0 radical (unpaired) electrons. The molecule has 9 heteroatoms. The first-order valence-corrected chi connectivity index (χ1v) is 11.9. The van der Waals surface area contributed by atoms with E-state index in [1.54, 1.807) is 30.5 Å². The number of thioether (sulfide) groups is 1. The second kappa shape index (κ2) is 13.1. The van der Waals surface area contributed by atoms with Gasteiger partial charge < -0.3 is 14.8 Å². The lowest BCUT2D eigenvalue weighted by Crippen LogP contribution is -2.35. The van der Waals surface area contributed by atoms with Crippen molar-refractivity contribution in [1.82, 2.24) is 10.7 Å². The largest absolute Gasteiger partial charge is 0.484 e. The first kappa shape index (κ1) is 24.1. The van der Waals surface area contributed by atoms with E-state index in [9.17, 15) is 9.59 Å². The first-order chi connectivity index (χ1) is 15.6. The average molecular weight is 476 g/mol. The van der Waals surface area contributed by atoms with Crippen LogP contribution in [0.3, 0.4) is 0 Å². The van der Waals surface area contributed by atoms with E-state index in [0.29, 0.717) is 23.1 Å². The van der Waals surface area contributed by atoms with Crippen LogP contribution in [0.25, 0.3) is 0 Å². The predicted octanol–water partition coefficient (Wildman–Crippen LogP) is 3.40. The Kier molecular flexibility index (Phi) is 9.87. The Morgan fingerprint density at radius 1 is 1.19 bits per heavy atom. The summed E-state index contributed by atoms with van der Waals surface area (Å²) in [5.74, 6) is 1.15. The third kappa shape index (κ3) is 8.53. The van der Waals surface area contributed by atoms with Gasteiger partial charge in [0.1, 0.15) is 5.75 Å². The molecule has 1 atom stereocenters. The van der Waals surface area contributed by atoms with E-state index in [1.165, 1.54) is 11.8 Å². The third-order valence-electron chi connectivity index (χ3n) is 4.65. The molecule has 32 heavy (non-hydrogen) atoms. The molecule has 2 N–H and O–H groups in total. The number of benzene rings is 2. The highest BCUT2D eigenvalue weighted by Gasteiger charge is 2.16. The number of rotatable bonds is 11. The Morgan fingerprint density at radius 3 is 2.75 bits per heavy atom. The van der Waals surface area contributed by atoms with Gasteiger partial charge in [-0.15, -0.1) is 11.8 Å². The van der Waals surface area contributed by atoms with Gasteiger partial charge in [-0.3, -0.25) is 9.59 Å². The van der Waals surface area contributed by atoms with Crippen molar-refractivity contribution in [2.45, 2.75) is 24.7 Å². The van der Waals surface area contributed by atoms with Gasteiger partial charge in [-0.2, -0.15) is 5.10 Å². The molecule has 1 fully saturated rings. The number of nitrogens with zero attached hydrogens (tertiary/aromatic N) is 1. The van der Waals surface area contributed by atoms with Crippen LogP contribution in [0.15, 0.2) is 53.6 Å². The molecule has 1 saturated heterocycles. The van der Waals surface area contributed by atoms with Crippen LogP contribution in [-0.2, 0) is 20.1 Å². The normalized spacial score (nSPS) is 15.6. The van der Waals surface area contributed by atoms with Gasteiger partial charge in [-0.05, 0) is 54.3 Å². The maximum Gasteiger partial charge on any atom is 0.258 e. The van der Waals surface area contributed by atoms with Crippen LogP contribution < -0.4 is 15.5 Å². The van der Waals surface area contributed by atoms with Gasteiger partial charge in [0.15, 0.2) is 6.61 Å². The van der Waals surface area contributed by atoms with Gasteiger partial charge in [0.2, 0.25) is 5.91 Å². The van der Waals surface area contributed by atoms with Gasteiger partial charge in [-0.25, -0.2) is 5.43 Å². The van der Waals surface area contributed by atoms with E-state index in [4.69, 9.17) is 21.1 Å². The second-order valence-corrected chi connectivity index (χ2v) is 8.57. The highest BCUT2D eigenvalue weighted by atomic mass is 35.5. The molecule has 1 heterocycles. The van der Waals surface area contributed by atoms with Crippen molar-refractivity contribution in [3.8, 4) is 5.75 Å². The van der Waals surface area contributed by atoms with Crippen molar-refractivity contribution in [2.75, 3.05) is 25.5 Å². The molecule has 1 aliphatic heterocycles. The lowest BCUT2D eigenvalue weighted by molar-refractivity contribution is -0.123. The minimum Gasteiger partial charge on any atom is -0.484 e. The van der Waals surface area contributed by atoms with Crippen molar-refractivity contribution in [1.29, 1.82) is 0 Å². The number of nitrogens with one attached hydrogen (secondary N) is 2. The van der Waals surface area contributed by atoms with Gasteiger partial charge in [0.25, 0.3) is 5.91 Å². The zero-order chi connectivity index (χ0) is 22.6. The summed E-state index contributed by atoms with van der Waals surface area (Å²) in [6, 6.07) is 14.6. The fourth-order valence-electron chi connectivity index (χ4n) is 2.96. The number of hydrazone groups is 1. The van der Waals surface area contributed by atoms with E-state index in [2.05, 4.69) is 15.8 Å². The van der Waals surface area contributed by atoms with E-state index in [1.807, 2.05) is 24.3 Å². The van der Waals surface area contributed by atoms with Crippen LogP contribution in [0.2, 0.25) is 5.02 Å². The lowest BCUT2D eigenvalue weighted by Gasteiger charge is -2.11. The molecule has 7 nitrogen and oxygen atoms in total. The molecule has 1 aliphatic rings. The molecule has 2 amide bonds. The molecule has 0 saturated carbocycles. The first-order valence-electron chi connectivity index (χ1n) is 10.3. The minimum atomic E-state index is -0.188. The lowest BCUT2D eigenvalue weighted by atomic mass is 10.2. The molecule has 3 rings (SSSR count). The van der Waals surface area contributed by atoms with Crippen molar-refractivity contribution < 1.29 is 19.1 Å². The Hall–Kier alpha value is -2.55. The Labute approximate surface area is 196 Å². The zero-order valence-electron chi connectivity index (χ0n) is 17.6. The fraction of sp³-hybridized carbons (Fsp3) is 0.348. The number of halogens is 1. The highest BCUT2D eigenvalue weighted by Crippen LogP contribution is 2.20. The monoisotopic (exact) mass is 475 g/mol. The summed E-state index contributed by atoms with van der Waals surface area (Å²) < 4.78 is 11.0. The summed E-state index contributed by atoms with van der Waals surface area (Å²) in [4.78, 5) is 23.8. The summed E-state index contributed by atoms with van der Waals surface area (Å²) in [7, 11) is 0. The number of carbonyl (C=O) groups excluding carboxylic acids is 2. The predicted molar refractivity (Wildman–Crippen MR) is 127 cm³/mol. The zero-order valence-corrected chi connectivity index (χ0v) is 19.2. The maximum absolute atomic E-state index is 11.9. The van der Waals surface area contributed by atoms with E-state index < -0.39 is 0 Å². The summed E-state index contributed by atoms with van der Waals surface area (Å²) in [6.45, 7) is 1.23. The minimum absolute atomic E-state index is 0.0535. The molecule has 0 spiro atoms. The molecule has 2 aromatic rings. The Bertz CT molecular complexity index is 918. The summed E-state index contributed by atoms with van der Waals surface area (Å²) >= 11 is 7.57. The smallest absolute Gasteiger partial charge is 0.258 e. The molecule has 170 valence electrons. The highest BCUT2D eigenvalue weighted by molar-refractivity contribution is 7.99. The molecule has 2 aromatic carbocycles. The van der Waals surface area contributed by atoms with Crippen LogP contribution in [-0.4, -0.2) is 49.6 Å². The number of hydrogen-bond donors (Lipinski definition) is 2. The van der Waals surface area contributed by atoms with Crippen LogP contribution >= 0.6 is 23.4 Å². The quantitative estimate of drug-likeness (QED) is 0.384. The SMILES string of the molecule is O=C(COc1ccc(C=NNC(=O)CSCc2ccccc2Cl)cc1)NCC1CCCO1. The van der Waals surface area contributed by atoms with Crippen LogP contribution in [0.1, 0.15) is 24.0 Å². The van der Waals surface area contributed by atoms with Crippen molar-refractivity contribution >= 4 is 41.4 Å². The third-order valence-corrected chi connectivity index (χ3v) is 6.00. The summed E-state index contributed by atoms with van der Waals surface area (Å²) in [6.07, 6.45) is 3.68. The fourth-order valence-corrected chi connectivity index (χ4v) is 4.07. The Morgan fingerprint density at radius 2 is 2.00 bits per heavy atom. The summed E-state index contributed by atoms with van der Waals surface area (Å²) in [5, 5.41) is 7.48. The van der Waals surface area contributed by atoms with Crippen molar-refractivity contribution in [3.63, 3.8) is 0 Å². The molecule has 0 bridgehead atoms. The topological polar surface area (TPSA) is 89.0 Å². The van der Waals surface area contributed by atoms with Crippen molar-refractivity contribution in [3.05, 3.63) is 64.7 Å².